The number of carbonyl (C=O) groups excluding carboxylic acids is 1. The van der Waals surface area contributed by atoms with Gasteiger partial charge in [0, 0.05) is 45.1 Å². The molecule has 1 amide bonds. The molecule has 34 heavy (non-hydrogen) atoms. The molecule has 1 aliphatic rings. The van der Waals surface area contributed by atoms with Gasteiger partial charge in [0.05, 0.1) is 26.5 Å². The highest BCUT2D eigenvalue weighted by Gasteiger charge is 2.22. The lowest BCUT2D eigenvalue weighted by Gasteiger charge is -2.35. The Balaban J connectivity index is 1.24. The number of anilines is 1. The van der Waals surface area contributed by atoms with Crippen LogP contribution < -0.4 is 19.7 Å². The zero-order valence-corrected chi connectivity index (χ0v) is 19.5. The van der Waals surface area contributed by atoms with Gasteiger partial charge in [-0.15, -0.1) is 0 Å². The van der Waals surface area contributed by atoms with Gasteiger partial charge in [-0.2, -0.15) is 0 Å². The molecule has 0 aliphatic carbocycles. The molecule has 1 N–H and O–H groups in total. The minimum Gasteiger partial charge on any atom is -0.493 e. The van der Waals surface area contributed by atoms with Gasteiger partial charge < -0.3 is 19.7 Å². The molecule has 8 nitrogen and oxygen atoms in total. The number of benzene rings is 2. The first-order chi connectivity index (χ1) is 16.6. The fourth-order valence-corrected chi connectivity index (χ4v) is 4.11. The molecule has 1 saturated heterocycles. The van der Waals surface area contributed by atoms with Crippen LogP contribution in [-0.4, -0.2) is 73.8 Å². The van der Waals surface area contributed by atoms with E-state index in [2.05, 4.69) is 20.1 Å². The molecule has 180 valence electrons. The normalized spacial score (nSPS) is 14.1. The second-order valence-corrected chi connectivity index (χ2v) is 8.10. The van der Waals surface area contributed by atoms with Crippen LogP contribution in [0.25, 0.3) is 5.69 Å². The topological polar surface area (TPSA) is 71.9 Å². The lowest BCUT2D eigenvalue weighted by atomic mass is 10.1. The number of carbonyl (C=O) groups is 1. The highest BCUT2D eigenvalue weighted by Crippen LogP contribution is 2.27. The Kier molecular flexibility index (Phi) is 7.64. The molecule has 0 bridgehead atoms. The number of imidazole rings is 1. The van der Waals surface area contributed by atoms with Crippen LogP contribution >= 0.6 is 0 Å². The van der Waals surface area contributed by atoms with Crippen molar-refractivity contribution in [2.75, 3.05) is 58.4 Å². The number of hydrogen-bond donors (Lipinski definition) is 1. The predicted octanol–water partition coefficient (Wildman–Crippen LogP) is 2.51. The summed E-state index contributed by atoms with van der Waals surface area (Å²) in [6.45, 7) is 3.78. The third-order valence-corrected chi connectivity index (χ3v) is 5.94. The maximum atomic E-state index is 14.3. The van der Waals surface area contributed by atoms with Crippen LogP contribution in [0.2, 0.25) is 0 Å². The first kappa shape index (κ1) is 23.6. The van der Waals surface area contributed by atoms with Crippen LogP contribution in [0.15, 0.2) is 54.9 Å². The lowest BCUT2D eigenvalue weighted by Crippen LogP contribution is -2.50. The molecule has 0 spiro atoms. The summed E-state index contributed by atoms with van der Waals surface area (Å²) in [7, 11) is 3.21. The maximum Gasteiger partial charge on any atom is 0.234 e. The molecule has 2 heterocycles. The molecule has 1 fully saturated rings. The van der Waals surface area contributed by atoms with E-state index in [9.17, 15) is 9.18 Å². The zero-order valence-electron chi connectivity index (χ0n) is 19.5. The summed E-state index contributed by atoms with van der Waals surface area (Å²) >= 11 is 0. The van der Waals surface area contributed by atoms with E-state index >= 15 is 0 Å². The molecule has 0 radical (unpaired) electrons. The van der Waals surface area contributed by atoms with E-state index < -0.39 is 0 Å². The standard InChI is InChI=1S/C25H30FN5O3/c1-33-22-8-7-19(17-23(22)34-2)9-10-27-24(32)18-29-13-15-30(16-14-29)25-28-11-12-31(25)21-6-4-3-5-20(21)26/h3-8,11-12,17H,9-10,13-16,18H2,1-2H3,(H,27,32). The van der Waals surface area contributed by atoms with Crippen molar-refractivity contribution in [3.8, 4) is 17.2 Å². The number of methoxy groups -OCH3 is 2. The van der Waals surface area contributed by atoms with Crippen molar-refractivity contribution >= 4 is 11.9 Å². The Hall–Kier alpha value is -3.59. The van der Waals surface area contributed by atoms with Gasteiger partial charge in [-0.1, -0.05) is 18.2 Å². The highest BCUT2D eigenvalue weighted by atomic mass is 19.1. The summed E-state index contributed by atoms with van der Waals surface area (Å²) in [5, 5.41) is 3.00. The zero-order chi connectivity index (χ0) is 23.9. The molecule has 2 aromatic carbocycles. The van der Waals surface area contributed by atoms with Gasteiger partial charge in [0.1, 0.15) is 5.82 Å². The summed E-state index contributed by atoms with van der Waals surface area (Å²) in [5.41, 5.74) is 1.54. The van der Waals surface area contributed by atoms with E-state index in [4.69, 9.17) is 9.47 Å². The van der Waals surface area contributed by atoms with E-state index in [0.717, 1.165) is 18.7 Å². The monoisotopic (exact) mass is 467 g/mol. The molecule has 0 saturated carbocycles. The second kappa shape index (κ2) is 11.0. The smallest absolute Gasteiger partial charge is 0.234 e. The Morgan fingerprint density at radius 3 is 2.56 bits per heavy atom. The number of halogens is 1. The summed E-state index contributed by atoms with van der Waals surface area (Å²) < 4.78 is 26.6. The van der Waals surface area contributed by atoms with Gasteiger partial charge in [0.15, 0.2) is 11.5 Å². The van der Waals surface area contributed by atoms with E-state index in [0.29, 0.717) is 55.7 Å². The Morgan fingerprint density at radius 1 is 1.06 bits per heavy atom. The molecular weight excluding hydrogens is 437 g/mol. The number of ether oxygens (including phenoxy) is 2. The second-order valence-electron chi connectivity index (χ2n) is 8.10. The molecule has 0 atom stereocenters. The molecule has 1 aromatic heterocycles. The molecule has 4 rings (SSSR count). The van der Waals surface area contributed by atoms with Gasteiger partial charge >= 0.3 is 0 Å². The SMILES string of the molecule is COc1ccc(CCNC(=O)CN2CCN(c3nccn3-c3ccccc3F)CC2)cc1OC. The summed E-state index contributed by atoms with van der Waals surface area (Å²) in [6.07, 6.45) is 4.16. The van der Waals surface area contributed by atoms with Crippen LogP contribution in [0.5, 0.6) is 11.5 Å². The number of piperazine rings is 1. The number of hydrogen-bond acceptors (Lipinski definition) is 6. The van der Waals surface area contributed by atoms with Crippen molar-refractivity contribution in [1.82, 2.24) is 19.8 Å². The number of nitrogens with one attached hydrogen (secondary N) is 1. The number of aromatic nitrogens is 2. The van der Waals surface area contributed by atoms with Gasteiger partial charge in [-0.05, 0) is 36.2 Å². The van der Waals surface area contributed by atoms with Crippen molar-refractivity contribution in [1.29, 1.82) is 0 Å². The number of rotatable bonds is 9. The minimum atomic E-state index is -0.287. The Labute approximate surface area is 198 Å². The number of nitrogens with zero attached hydrogens (tertiary/aromatic N) is 4. The third kappa shape index (κ3) is 5.48. The van der Waals surface area contributed by atoms with Crippen LogP contribution in [0.4, 0.5) is 10.3 Å². The molecular formula is C25H30FN5O3. The first-order valence-corrected chi connectivity index (χ1v) is 11.3. The molecule has 1 aliphatic heterocycles. The Bertz CT molecular complexity index is 1110. The number of para-hydroxylation sites is 1. The van der Waals surface area contributed by atoms with Gasteiger partial charge in [0.25, 0.3) is 0 Å². The van der Waals surface area contributed by atoms with Crippen molar-refractivity contribution in [3.63, 3.8) is 0 Å². The van der Waals surface area contributed by atoms with Gasteiger partial charge in [-0.25, -0.2) is 9.37 Å². The quantitative estimate of drug-likeness (QED) is 0.522. The van der Waals surface area contributed by atoms with Crippen LogP contribution in [0.3, 0.4) is 0 Å². The van der Waals surface area contributed by atoms with E-state index in [-0.39, 0.29) is 11.7 Å². The fourth-order valence-electron chi connectivity index (χ4n) is 4.11. The van der Waals surface area contributed by atoms with Crippen LogP contribution in [0.1, 0.15) is 5.56 Å². The molecule has 0 unspecified atom stereocenters. The summed E-state index contributed by atoms with van der Waals surface area (Å²) in [6, 6.07) is 12.4. The summed E-state index contributed by atoms with van der Waals surface area (Å²) in [4.78, 5) is 21.1. The molecule has 9 heteroatoms. The average Bonchev–Trinajstić information content (AvgIpc) is 3.34. The van der Waals surface area contributed by atoms with Crippen molar-refractivity contribution in [3.05, 3.63) is 66.2 Å². The number of amides is 1. The Morgan fingerprint density at radius 2 is 1.82 bits per heavy atom. The average molecular weight is 468 g/mol. The van der Waals surface area contributed by atoms with E-state index in [1.54, 1.807) is 43.3 Å². The van der Waals surface area contributed by atoms with Gasteiger partial charge in [0.2, 0.25) is 11.9 Å². The molecule has 3 aromatic rings. The predicted molar refractivity (Wildman–Crippen MR) is 128 cm³/mol. The van der Waals surface area contributed by atoms with Crippen LogP contribution in [0, 0.1) is 5.82 Å². The first-order valence-electron chi connectivity index (χ1n) is 11.3. The van der Waals surface area contributed by atoms with E-state index in [1.165, 1.54) is 6.07 Å². The largest absolute Gasteiger partial charge is 0.493 e. The van der Waals surface area contributed by atoms with E-state index in [1.807, 2.05) is 24.3 Å². The van der Waals surface area contributed by atoms with Crippen molar-refractivity contribution < 1.29 is 18.7 Å². The van der Waals surface area contributed by atoms with Gasteiger partial charge in [-0.3, -0.25) is 14.3 Å². The highest BCUT2D eigenvalue weighted by molar-refractivity contribution is 5.78. The van der Waals surface area contributed by atoms with Crippen LogP contribution in [-0.2, 0) is 11.2 Å². The van der Waals surface area contributed by atoms with Crippen molar-refractivity contribution in [2.45, 2.75) is 6.42 Å². The van der Waals surface area contributed by atoms with Crippen molar-refractivity contribution in [2.24, 2.45) is 0 Å². The summed E-state index contributed by atoms with van der Waals surface area (Å²) in [5.74, 6) is 1.79. The fraction of sp³-hybridized carbons (Fsp3) is 0.360. The third-order valence-electron chi connectivity index (χ3n) is 5.94. The minimum absolute atomic E-state index is 0.00165. The maximum absolute atomic E-state index is 14.3. The lowest BCUT2D eigenvalue weighted by molar-refractivity contribution is -0.122.